The summed E-state index contributed by atoms with van der Waals surface area (Å²) in [7, 11) is 3.60. The zero-order valence-corrected chi connectivity index (χ0v) is 25.3. The lowest BCUT2D eigenvalue weighted by Crippen LogP contribution is -2.17. The highest BCUT2D eigenvalue weighted by Gasteiger charge is 2.25. The zero-order chi connectivity index (χ0) is 30.9. The SMILES string of the molecule is C=Cc1c(C=C)c(-c2ccc(C(NC)OC)cc2)c(-c2ccccc2)c(-c2ccccc2)c1-c1ccc(CO/C=C\N)cc1. The van der Waals surface area contributed by atoms with Gasteiger partial charge in [-0.05, 0) is 73.8 Å². The fourth-order valence-corrected chi connectivity index (χ4v) is 5.81. The predicted octanol–water partition coefficient (Wildman–Crippen LogP) is 9.45. The monoisotopic (exact) mass is 578 g/mol. The first-order chi connectivity index (χ1) is 21.6. The van der Waals surface area contributed by atoms with Crippen molar-refractivity contribution < 1.29 is 9.47 Å². The number of ether oxygens (including phenoxy) is 2. The first-order valence-electron chi connectivity index (χ1n) is 14.6. The Kier molecular flexibility index (Phi) is 9.88. The minimum absolute atomic E-state index is 0.192. The van der Waals surface area contributed by atoms with E-state index in [2.05, 4.69) is 128 Å². The number of methoxy groups -OCH3 is 1. The van der Waals surface area contributed by atoms with Gasteiger partial charge in [0.05, 0.1) is 6.26 Å². The van der Waals surface area contributed by atoms with Crippen molar-refractivity contribution in [3.8, 4) is 44.5 Å². The Morgan fingerprint density at radius 1 is 0.659 bits per heavy atom. The summed E-state index contributed by atoms with van der Waals surface area (Å²) in [4.78, 5) is 0. The van der Waals surface area contributed by atoms with Crippen LogP contribution in [0.1, 0.15) is 28.5 Å². The summed E-state index contributed by atoms with van der Waals surface area (Å²) in [5.41, 5.74) is 18.5. The quantitative estimate of drug-likeness (QED) is 0.114. The molecule has 0 aliphatic rings. The molecule has 1 atom stereocenters. The highest BCUT2D eigenvalue weighted by molar-refractivity contribution is 6.08. The molecule has 0 aliphatic heterocycles. The van der Waals surface area contributed by atoms with Crippen LogP contribution in [0.5, 0.6) is 0 Å². The van der Waals surface area contributed by atoms with Crippen LogP contribution < -0.4 is 11.1 Å². The van der Waals surface area contributed by atoms with Crippen molar-refractivity contribution in [2.45, 2.75) is 12.8 Å². The second-order valence-electron chi connectivity index (χ2n) is 10.3. The molecular weight excluding hydrogens is 540 g/mol. The molecule has 44 heavy (non-hydrogen) atoms. The molecule has 0 amide bonds. The molecular formula is C40H38N2O2. The Hall–Kier alpha value is -5.16. The Morgan fingerprint density at radius 3 is 1.52 bits per heavy atom. The zero-order valence-electron chi connectivity index (χ0n) is 25.3. The van der Waals surface area contributed by atoms with Gasteiger partial charge in [-0.3, -0.25) is 5.32 Å². The van der Waals surface area contributed by atoms with Gasteiger partial charge in [0, 0.05) is 13.3 Å². The van der Waals surface area contributed by atoms with Crippen LogP contribution in [-0.2, 0) is 16.1 Å². The fraction of sp³-hybridized carbons (Fsp3) is 0.100. The lowest BCUT2D eigenvalue weighted by Gasteiger charge is -2.26. The van der Waals surface area contributed by atoms with E-state index in [4.69, 9.17) is 15.2 Å². The van der Waals surface area contributed by atoms with Crippen molar-refractivity contribution in [3.05, 3.63) is 157 Å². The van der Waals surface area contributed by atoms with Crippen molar-refractivity contribution in [2.24, 2.45) is 5.73 Å². The molecule has 5 aromatic rings. The van der Waals surface area contributed by atoms with Gasteiger partial charge in [0.2, 0.25) is 0 Å². The van der Waals surface area contributed by atoms with E-state index in [0.717, 1.165) is 66.8 Å². The highest BCUT2D eigenvalue weighted by Crippen LogP contribution is 2.50. The van der Waals surface area contributed by atoms with Crippen LogP contribution in [0.3, 0.4) is 0 Å². The minimum Gasteiger partial charge on any atom is -0.495 e. The van der Waals surface area contributed by atoms with Gasteiger partial charge >= 0.3 is 0 Å². The van der Waals surface area contributed by atoms with Gasteiger partial charge in [0.1, 0.15) is 12.8 Å². The van der Waals surface area contributed by atoms with E-state index >= 15 is 0 Å². The van der Waals surface area contributed by atoms with Crippen molar-refractivity contribution >= 4 is 12.2 Å². The number of hydrogen-bond acceptors (Lipinski definition) is 4. The Bertz CT molecular complexity index is 1740. The van der Waals surface area contributed by atoms with Crippen LogP contribution in [0.4, 0.5) is 0 Å². The maximum atomic E-state index is 5.63. The van der Waals surface area contributed by atoms with Crippen molar-refractivity contribution in [3.63, 3.8) is 0 Å². The number of nitrogens with two attached hydrogens (primary N) is 1. The molecule has 0 heterocycles. The van der Waals surface area contributed by atoms with Gasteiger partial charge in [-0.15, -0.1) is 0 Å². The van der Waals surface area contributed by atoms with E-state index in [9.17, 15) is 0 Å². The lowest BCUT2D eigenvalue weighted by atomic mass is 9.77. The third-order valence-electron chi connectivity index (χ3n) is 7.78. The van der Waals surface area contributed by atoms with Crippen molar-refractivity contribution in [1.82, 2.24) is 5.32 Å². The summed E-state index contributed by atoms with van der Waals surface area (Å²) in [5, 5.41) is 3.21. The minimum atomic E-state index is -0.192. The van der Waals surface area contributed by atoms with Crippen molar-refractivity contribution in [2.75, 3.05) is 14.2 Å². The van der Waals surface area contributed by atoms with Gasteiger partial charge in [-0.2, -0.15) is 0 Å². The smallest absolute Gasteiger partial charge is 0.133 e. The normalized spacial score (nSPS) is 11.8. The van der Waals surface area contributed by atoms with Gasteiger partial charge in [0.15, 0.2) is 0 Å². The summed E-state index contributed by atoms with van der Waals surface area (Å²) >= 11 is 0. The van der Waals surface area contributed by atoms with Crippen LogP contribution in [0.2, 0.25) is 0 Å². The molecule has 3 N–H and O–H groups in total. The lowest BCUT2D eigenvalue weighted by molar-refractivity contribution is 0.0809. The van der Waals surface area contributed by atoms with Crippen LogP contribution in [-0.4, -0.2) is 14.2 Å². The number of rotatable bonds is 12. The summed E-state index contributed by atoms with van der Waals surface area (Å²) < 4.78 is 11.1. The molecule has 0 spiro atoms. The average molecular weight is 579 g/mol. The second kappa shape index (κ2) is 14.3. The van der Waals surface area contributed by atoms with E-state index in [-0.39, 0.29) is 6.23 Å². The van der Waals surface area contributed by atoms with E-state index in [1.807, 2.05) is 19.2 Å². The first-order valence-corrected chi connectivity index (χ1v) is 14.6. The molecule has 4 heteroatoms. The number of hydrogen-bond donors (Lipinski definition) is 2. The van der Waals surface area contributed by atoms with Crippen LogP contribution in [0, 0.1) is 0 Å². The van der Waals surface area contributed by atoms with Gasteiger partial charge in [0.25, 0.3) is 0 Å². The maximum absolute atomic E-state index is 5.63. The third kappa shape index (κ3) is 6.13. The highest BCUT2D eigenvalue weighted by atomic mass is 16.5. The summed E-state index contributed by atoms with van der Waals surface area (Å²) in [5.74, 6) is 0. The first kappa shape index (κ1) is 30.3. The molecule has 0 saturated heterocycles. The van der Waals surface area contributed by atoms with E-state index in [1.165, 1.54) is 12.5 Å². The third-order valence-corrected chi connectivity index (χ3v) is 7.78. The van der Waals surface area contributed by atoms with Crippen LogP contribution in [0.25, 0.3) is 56.7 Å². The largest absolute Gasteiger partial charge is 0.495 e. The fourth-order valence-electron chi connectivity index (χ4n) is 5.81. The molecule has 220 valence electrons. The van der Waals surface area contributed by atoms with Gasteiger partial charge < -0.3 is 15.2 Å². The predicted molar refractivity (Wildman–Crippen MR) is 185 cm³/mol. The average Bonchev–Trinajstić information content (AvgIpc) is 3.09. The maximum Gasteiger partial charge on any atom is 0.133 e. The number of nitrogens with one attached hydrogen (secondary N) is 1. The van der Waals surface area contributed by atoms with Gasteiger partial charge in [-0.25, -0.2) is 0 Å². The standard InChI is InChI=1S/C40H38N2O2/c1-5-34-35(6-2)37(32-21-23-33(24-22-32)40(42-3)43-4)39(30-15-11-8-12-16-30)38(29-13-9-7-10-14-29)36(34)31-19-17-28(18-20-31)27-44-26-25-41/h5-26,40,42H,1-2,27,41H2,3-4H3/b26-25-. The van der Waals surface area contributed by atoms with Crippen molar-refractivity contribution in [1.29, 1.82) is 0 Å². The van der Waals surface area contributed by atoms with E-state index < -0.39 is 0 Å². The topological polar surface area (TPSA) is 56.5 Å². The molecule has 0 saturated carbocycles. The molecule has 0 bridgehead atoms. The summed E-state index contributed by atoms with van der Waals surface area (Å²) in [6, 6.07) is 38.2. The summed E-state index contributed by atoms with van der Waals surface area (Å²) in [6.07, 6.45) is 6.61. The van der Waals surface area contributed by atoms with Crippen LogP contribution >= 0.6 is 0 Å². The van der Waals surface area contributed by atoms with E-state index in [1.54, 1.807) is 7.11 Å². The molecule has 4 nitrogen and oxygen atoms in total. The van der Waals surface area contributed by atoms with Crippen LogP contribution in [0.15, 0.2) is 135 Å². The van der Waals surface area contributed by atoms with E-state index in [0.29, 0.717) is 6.61 Å². The Morgan fingerprint density at radius 2 is 1.11 bits per heavy atom. The molecule has 5 aromatic carbocycles. The molecule has 0 aromatic heterocycles. The Labute approximate surface area is 260 Å². The molecule has 0 fully saturated rings. The molecule has 0 aliphatic carbocycles. The van der Waals surface area contributed by atoms with Gasteiger partial charge in [-0.1, -0.05) is 135 Å². The molecule has 1 unspecified atom stereocenters. The Balaban J connectivity index is 1.88. The second-order valence-corrected chi connectivity index (χ2v) is 10.3. The number of benzene rings is 5. The summed E-state index contributed by atoms with van der Waals surface area (Å²) in [6.45, 7) is 9.07. The molecule has 5 rings (SSSR count). The molecule has 0 radical (unpaired) electrons.